The first-order valence-corrected chi connectivity index (χ1v) is 5.83. The number of hydrogen-bond donors (Lipinski definition) is 1. The minimum absolute atomic E-state index is 0.440. The first kappa shape index (κ1) is 10.7. The van der Waals surface area contributed by atoms with Crippen LogP contribution >= 0.6 is 11.3 Å². The van der Waals surface area contributed by atoms with Crippen LogP contribution in [-0.2, 0) is 6.42 Å². The van der Waals surface area contributed by atoms with Crippen LogP contribution in [0.3, 0.4) is 0 Å². The standard InChI is InChI=1S/C11H18OS/c1-3-11(12,4-2)8-7-10-6-5-9-13-10/h5-6,9,12H,3-4,7-8H2,1-2H3. The molecule has 74 valence electrons. The van der Waals surface area contributed by atoms with Crippen LogP contribution in [0.15, 0.2) is 17.5 Å². The van der Waals surface area contributed by atoms with Crippen molar-refractivity contribution in [2.45, 2.75) is 45.1 Å². The van der Waals surface area contributed by atoms with E-state index in [1.54, 1.807) is 11.3 Å². The summed E-state index contributed by atoms with van der Waals surface area (Å²) in [5, 5.41) is 12.1. The van der Waals surface area contributed by atoms with Crippen LogP contribution < -0.4 is 0 Å². The molecular weight excluding hydrogens is 180 g/mol. The third kappa shape index (κ3) is 3.12. The normalized spacial score (nSPS) is 11.9. The Hall–Kier alpha value is -0.340. The van der Waals surface area contributed by atoms with Gasteiger partial charge in [-0.25, -0.2) is 0 Å². The number of thiophene rings is 1. The summed E-state index contributed by atoms with van der Waals surface area (Å²) in [5.41, 5.74) is -0.440. The number of rotatable bonds is 5. The van der Waals surface area contributed by atoms with Crippen molar-refractivity contribution < 1.29 is 5.11 Å². The lowest BCUT2D eigenvalue weighted by molar-refractivity contribution is 0.0241. The maximum absolute atomic E-state index is 10.0. The third-order valence-corrected chi connectivity index (χ3v) is 3.67. The Morgan fingerprint density at radius 3 is 2.54 bits per heavy atom. The second kappa shape index (κ2) is 4.77. The fourth-order valence-electron chi connectivity index (χ4n) is 1.41. The van der Waals surface area contributed by atoms with Gasteiger partial charge in [0.25, 0.3) is 0 Å². The van der Waals surface area contributed by atoms with E-state index in [2.05, 4.69) is 31.4 Å². The molecule has 1 aromatic rings. The lowest BCUT2D eigenvalue weighted by Crippen LogP contribution is -2.26. The summed E-state index contributed by atoms with van der Waals surface area (Å²) >= 11 is 1.77. The highest BCUT2D eigenvalue weighted by atomic mass is 32.1. The molecule has 0 aliphatic heterocycles. The molecule has 0 amide bonds. The zero-order valence-corrected chi connectivity index (χ0v) is 9.23. The fourth-order valence-corrected chi connectivity index (χ4v) is 2.12. The van der Waals surface area contributed by atoms with Gasteiger partial charge in [0.1, 0.15) is 0 Å². The third-order valence-electron chi connectivity index (χ3n) is 2.73. The van der Waals surface area contributed by atoms with Gasteiger partial charge in [0.05, 0.1) is 5.60 Å². The number of aryl methyl sites for hydroxylation is 1. The Bertz CT molecular complexity index is 224. The first-order chi connectivity index (χ1) is 6.20. The quantitative estimate of drug-likeness (QED) is 0.770. The molecule has 1 N–H and O–H groups in total. The van der Waals surface area contributed by atoms with Gasteiger partial charge in [-0.1, -0.05) is 19.9 Å². The molecule has 0 bridgehead atoms. The van der Waals surface area contributed by atoms with Crippen molar-refractivity contribution in [3.8, 4) is 0 Å². The molecule has 0 saturated heterocycles. The average Bonchev–Trinajstić information content (AvgIpc) is 2.67. The minimum atomic E-state index is -0.440. The number of hydrogen-bond acceptors (Lipinski definition) is 2. The van der Waals surface area contributed by atoms with E-state index in [4.69, 9.17) is 0 Å². The first-order valence-electron chi connectivity index (χ1n) is 4.95. The SMILES string of the molecule is CCC(O)(CC)CCc1cccs1. The van der Waals surface area contributed by atoms with Crippen LogP contribution in [0.5, 0.6) is 0 Å². The highest BCUT2D eigenvalue weighted by molar-refractivity contribution is 7.09. The maximum atomic E-state index is 10.0. The highest BCUT2D eigenvalue weighted by Gasteiger charge is 2.21. The summed E-state index contributed by atoms with van der Waals surface area (Å²) < 4.78 is 0. The Morgan fingerprint density at radius 1 is 1.38 bits per heavy atom. The van der Waals surface area contributed by atoms with E-state index >= 15 is 0 Å². The second-order valence-electron chi connectivity index (χ2n) is 3.51. The van der Waals surface area contributed by atoms with E-state index < -0.39 is 5.60 Å². The summed E-state index contributed by atoms with van der Waals surface area (Å²) in [6.45, 7) is 4.11. The van der Waals surface area contributed by atoms with E-state index in [1.165, 1.54) is 4.88 Å². The van der Waals surface area contributed by atoms with E-state index in [-0.39, 0.29) is 0 Å². The molecule has 0 aliphatic carbocycles. The molecule has 13 heavy (non-hydrogen) atoms. The summed E-state index contributed by atoms with van der Waals surface area (Å²) in [4.78, 5) is 1.38. The summed E-state index contributed by atoms with van der Waals surface area (Å²) in [6, 6.07) is 4.20. The fraction of sp³-hybridized carbons (Fsp3) is 0.636. The molecule has 0 atom stereocenters. The lowest BCUT2D eigenvalue weighted by Gasteiger charge is -2.24. The molecule has 2 heteroatoms. The number of aliphatic hydroxyl groups is 1. The summed E-state index contributed by atoms with van der Waals surface area (Å²) in [7, 11) is 0. The van der Waals surface area contributed by atoms with E-state index in [1.807, 2.05) is 0 Å². The summed E-state index contributed by atoms with van der Waals surface area (Å²) in [5.74, 6) is 0. The molecule has 0 aliphatic rings. The molecule has 0 spiro atoms. The van der Waals surface area contributed by atoms with Gasteiger partial charge in [-0.3, -0.25) is 0 Å². The molecular formula is C11H18OS. The Balaban J connectivity index is 2.41. The van der Waals surface area contributed by atoms with E-state index in [0.717, 1.165) is 25.7 Å². The predicted molar refractivity (Wildman–Crippen MR) is 58.2 cm³/mol. The van der Waals surface area contributed by atoms with Gasteiger partial charge in [0.15, 0.2) is 0 Å². The van der Waals surface area contributed by atoms with Gasteiger partial charge >= 0.3 is 0 Å². The molecule has 1 rings (SSSR count). The van der Waals surface area contributed by atoms with Crippen molar-refractivity contribution in [3.63, 3.8) is 0 Å². The Kier molecular flexibility index (Phi) is 3.94. The van der Waals surface area contributed by atoms with E-state index in [0.29, 0.717) is 0 Å². The average molecular weight is 198 g/mol. The molecule has 0 aromatic carbocycles. The van der Waals surface area contributed by atoms with Crippen LogP contribution in [-0.4, -0.2) is 10.7 Å². The molecule has 1 nitrogen and oxygen atoms in total. The van der Waals surface area contributed by atoms with Crippen LogP contribution in [0.25, 0.3) is 0 Å². The van der Waals surface area contributed by atoms with Crippen molar-refractivity contribution in [2.75, 3.05) is 0 Å². The molecule has 1 heterocycles. The van der Waals surface area contributed by atoms with Crippen molar-refractivity contribution in [2.24, 2.45) is 0 Å². The van der Waals surface area contributed by atoms with Gasteiger partial charge in [-0.05, 0) is 37.1 Å². The molecule has 0 radical (unpaired) electrons. The van der Waals surface area contributed by atoms with Gasteiger partial charge in [0, 0.05) is 4.88 Å². The van der Waals surface area contributed by atoms with Crippen LogP contribution in [0.2, 0.25) is 0 Å². The van der Waals surface area contributed by atoms with Crippen molar-refractivity contribution in [1.82, 2.24) is 0 Å². The topological polar surface area (TPSA) is 20.2 Å². The smallest absolute Gasteiger partial charge is 0.0646 e. The zero-order valence-electron chi connectivity index (χ0n) is 8.42. The zero-order chi connectivity index (χ0) is 9.73. The van der Waals surface area contributed by atoms with Crippen molar-refractivity contribution in [1.29, 1.82) is 0 Å². The van der Waals surface area contributed by atoms with Crippen molar-refractivity contribution >= 4 is 11.3 Å². The molecule has 1 aromatic heterocycles. The van der Waals surface area contributed by atoms with Gasteiger partial charge in [0.2, 0.25) is 0 Å². The predicted octanol–water partition coefficient (Wildman–Crippen LogP) is 3.23. The monoisotopic (exact) mass is 198 g/mol. The lowest BCUT2D eigenvalue weighted by atomic mass is 9.92. The highest BCUT2D eigenvalue weighted by Crippen LogP contribution is 2.23. The molecule has 0 unspecified atom stereocenters. The van der Waals surface area contributed by atoms with Gasteiger partial charge < -0.3 is 5.11 Å². The van der Waals surface area contributed by atoms with E-state index in [9.17, 15) is 5.11 Å². The van der Waals surface area contributed by atoms with Gasteiger partial charge in [-0.2, -0.15) is 0 Å². The molecule has 0 saturated carbocycles. The van der Waals surface area contributed by atoms with Crippen LogP contribution in [0, 0.1) is 0 Å². The Labute approximate surface area is 84.4 Å². The van der Waals surface area contributed by atoms with Crippen molar-refractivity contribution in [3.05, 3.63) is 22.4 Å². The van der Waals surface area contributed by atoms with Gasteiger partial charge in [-0.15, -0.1) is 11.3 Å². The minimum Gasteiger partial charge on any atom is -0.390 e. The summed E-state index contributed by atoms with van der Waals surface area (Å²) in [6.07, 6.45) is 3.61. The molecule has 0 fully saturated rings. The largest absolute Gasteiger partial charge is 0.390 e. The maximum Gasteiger partial charge on any atom is 0.0646 e. The van der Waals surface area contributed by atoms with Crippen LogP contribution in [0.1, 0.15) is 38.0 Å². The van der Waals surface area contributed by atoms with Crippen LogP contribution in [0.4, 0.5) is 0 Å². The second-order valence-corrected chi connectivity index (χ2v) is 4.54. The Morgan fingerprint density at radius 2 is 2.08 bits per heavy atom.